The number of amides is 1. The number of nitrogens with one attached hydrogen (secondary N) is 1. The van der Waals surface area contributed by atoms with Crippen LogP contribution in [0.15, 0.2) is 42.5 Å². The first-order chi connectivity index (χ1) is 12.0. The molecule has 1 unspecified atom stereocenters. The predicted octanol–water partition coefficient (Wildman–Crippen LogP) is 3.06. The van der Waals surface area contributed by atoms with E-state index in [2.05, 4.69) is 5.32 Å². The van der Waals surface area contributed by atoms with Gasteiger partial charge in [0.05, 0.1) is 13.0 Å². The number of rotatable bonds is 6. The average Bonchev–Trinajstić information content (AvgIpc) is 2.86. The summed E-state index contributed by atoms with van der Waals surface area (Å²) in [4.78, 5) is 24.9. The van der Waals surface area contributed by atoms with E-state index in [0.29, 0.717) is 29.2 Å². The molecule has 2 aromatic carbocycles. The number of hydrogen-bond donors (Lipinski definition) is 2. The number of anilines is 1. The Hall–Kier alpha value is -2.66. The van der Waals surface area contributed by atoms with E-state index in [1.807, 2.05) is 19.9 Å². The van der Waals surface area contributed by atoms with E-state index in [-0.39, 0.29) is 12.2 Å². The Bertz CT molecular complexity index is 813. The third-order valence-electron chi connectivity index (χ3n) is 4.47. The summed E-state index contributed by atoms with van der Waals surface area (Å²) < 4.78 is 5.36. The highest BCUT2D eigenvalue weighted by molar-refractivity contribution is 6.09. The molecule has 0 radical (unpaired) electrons. The van der Waals surface area contributed by atoms with Crippen molar-refractivity contribution in [2.75, 3.05) is 11.9 Å². The molecule has 0 saturated heterocycles. The molecule has 1 aliphatic heterocycles. The van der Waals surface area contributed by atoms with Crippen molar-refractivity contribution in [1.82, 2.24) is 0 Å². The van der Waals surface area contributed by atoms with E-state index >= 15 is 0 Å². The van der Waals surface area contributed by atoms with Crippen LogP contribution in [0.2, 0.25) is 0 Å². The third kappa shape index (κ3) is 3.15. The lowest BCUT2D eigenvalue weighted by atomic mass is 9.87. The molecule has 0 saturated carbocycles. The van der Waals surface area contributed by atoms with Crippen LogP contribution >= 0.6 is 0 Å². The molecular formula is C20H21NO4. The van der Waals surface area contributed by atoms with Gasteiger partial charge in [0.15, 0.2) is 11.4 Å². The highest BCUT2D eigenvalue weighted by atomic mass is 16.5. The first-order valence-electron chi connectivity index (χ1n) is 8.41. The predicted molar refractivity (Wildman–Crippen MR) is 94.9 cm³/mol. The molecule has 0 fully saturated rings. The average molecular weight is 339 g/mol. The lowest BCUT2D eigenvalue weighted by Gasteiger charge is -2.20. The van der Waals surface area contributed by atoms with E-state index in [1.165, 1.54) is 0 Å². The molecule has 0 aromatic heterocycles. The second-order valence-electron chi connectivity index (χ2n) is 6.11. The van der Waals surface area contributed by atoms with Crippen LogP contribution in [-0.2, 0) is 16.8 Å². The number of ether oxygens (including phenoxy) is 1. The molecule has 1 aliphatic rings. The summed E-state index contributed by atoms with van der Waals surface area (Å²) in [6.45, 7) is 4.43. The first-order valence-corrected chi connectivity index (χ1v) is 8.41. The molecule has 1 atom stereocenters. The Morgan fingerprint density at radius 1 is 1.16 bits per heavy atom. The number of aryl methyl sites for hydroxylation is 1. The Morgan fingerprint density at radius 3 is 2.52 bits per heavy atom. The van der Waals surface area contributed by atoms with Gasteiger partial charge in [-0.15, -0.1) is 0 Å². The van der Waals surface area contributed by atoms with Gasteiger partial charge in [0.1, 0.15) is 5.75 Å². The lowest BCUT2D eigenvalue weighted by Crippen LogP contribution is -2.36. The molecule has 1 heterocycles. The maximum atomic E-state index is 12.6. The summed E-state index contributed by atoms with van der Waals surface area (Å²) in [5.74, 6) is -0.181. The van der Waals surface area contributed by atoms with Crippen LogP contribution in [0.4, 0.5) is 5.69 Å². The van der Waals surface area contributed by atoms with Gasteiger partial charge in [0.2, 0.25) is 0 Å². The molecule has 2 N–H and O–H groups in total. The van der Waals surface area contributed by atoms with Crippen LogP contribution < -0.4 is 10.1 Å². The molecule has 1 amide bonds. The smallest absolute Gasteiger partial charge is 0.261 e. The number of aliphatic hydroxyl groups is 1. The van der Waals surface area contributed by atoms with Gasteiger partial charge in [-0.05, 0) is 49.2 Å². The molecule has 2 aromatic rings. The lowest BCUT2D eigenvalue weighted by molar-refractivity contribution is -0.133. The van der Waals surface area contributed by atoms with Gasteiger partial charge in [-0.2, -0.15) is 0 Å². The number of benzene rings is 2. The zero-order chi connectivity index (χ0) is 18.0. The summed E-state index contributed by atoms with van der Waals surface area (Å²) in [7, 11) is 0. The van der Waals surface area contributed by atoms with Crippen LogP contribution in [0.3, 0.4) is 0 Å². The molecule has 130 valence electrons. The van der Waals surface area contributed by atoms with Crippen molar-refractivity contribution in [2.45, 2.75) is 32.3 Å². The first kappa shape index (κ1) is 17.2. The maximum Gasteiger partial charge on any atom is 0.261 e. The fourth-order valence-electron chi connectivity index (χ4n) is 3.02. The summed E-state index contributed by atoms with van der Waals surface area (Å²) in [6, 6.07) is 12.2. The highest BCUT2D eigenvalue weighted by Crippen LogP contribution is 2.39. The Labute approximate surface area is 146 Å². The molecule has 5 heteroatoms. The van der Waals surface area contributed by atoms with Crippen molar-refractivity contribution < 1.29 is 19.4 Å². The zero-order valence-electron chi connectivity index (χ0n) is 14.3. The second kappa shape index (κ2) is 6.69. The fourth-order valence-corrected chi connectivity index (χ4v) is 3.02. The largest absolute Gasteiger partial charge is 0.494 e. The van der Waals surface area contributed by atoms with Crippen molar-refractivity contribution in [1.29, 1.82) is 0 Å². The standard InChI is InChI=1S/C20H21NO4/c1-3-13-5-10-17-16(11-13)20(24,19(23)21-17)12-18(22)14-6-8-15(9-7-14)25-4-2/h5-11,24H,3-4,12H2,1-2H3,(H,21,23). The number of carbonyl (C=O) groups excluding carboxylic acids is 2. The summed E-state index contributed by atoms with van der Waals surface area (Å²) in [6.07, 6.45) is 0.484. The van der Waals surface area contributed by atoms with Gasteiger partial charge in [-0.3, -0.25) is 9.59 Å². The van der Waals surface area contributed by atoms with E-state index in [4.69, 9.17) is 4.74 Å². The van der Waals surface area contributed by atoms with Crippen LogP contribution in [0, 0.1) is 0 Å². The molecule has 0 spiro atoms. The van der Waals surface area contributed by atoms with Crippen molar-refractivity contribution in [3.05, 3.63) is 59.2 Å². The van der Waals surface area contributed by atoms with E-state index in [0.717, 1.165) is 12.0 Å². The van der Waals surface area contributed by atoms with Gasteiger partial charge in [0, 0.05) is 16.8 Å². The summed E-state index contributed by atoms with van der Waals surface area (Å²) in [5.41, 5.74) is 0.628. The molecule has 25 heavy (non-hydrogen) atoms. The van der Waals surface area contributed by atoms with Crippen LogP contribution in [0.1, 0.15) is 41.8 Å². The topological polar surface area (TPSA) is 75.6 Å². The van der Waals surface area contributed by atoms with Gasteiger partial charge in [-0.1, -0.05) is 19.1 Å². The quantitative estimate of drug-likeness (QED) is 0.793. The van der Waals surface area contributed by atoms with Crippen molar-refractivity contribution in [3.63, 3.8) is 0 Å². The Morgan fingerprint density at radius 2 is 1.88 bits per heavy atom. The Balaban J connectivity index is 1.86. The fraction of sp³-hybridized carbons (Fsp3) is 0.300. The zero-order valence-corrected chi connectivity index (χ0v) is 14.3. The van der Waals surface area contributed by atoms with Crippen molar-refractivity contribution in [3.8, 4) is 5.75 Å². The summed E-state index contributed by atoms with van der Waals surface area (Å²) in [5, 5.41) is 13.6. The molecule has 0 aliphatic carbocycles. The van der Waals surface area contributed by atoms with E-state index < -0.39 is 11.5 Å². The SMILES string of the molecule is CCOc1ccc(C(=O)CC2(O)C(=O)Nc3ccc(CC)cc32)cc1. The third-order valence-corrected chi connectivity index (χ3v) is 4.47. The van der Waals surface area contributed by atoms with E-state index in [1.54, 1.807) is 36.4 Å². The monoisotopic (exact) mass is 339 g/mol. The number of hydrogen-bond acceptors (Lipinski definition) is 4. The minimum atomic E-state index is -1.84. The molecular weight excluding hydrogens is 318 g/mol. The molecule has 0 bridgehead atoms. The van der Waals surface area contributed by atoms with Crippen molar-refractivity contribution >= 4 is 17.4 Å². The van der Waals surface area contributed by atoms with Crippen molar-refractivity contribution in [2.24, 2.45) is 0 Å². The second-order valence-corrected chi connectivity index (χ2v) is 6.11. The van der Waals surface area contributed by atoms with E-state index in [9.17, 15) is 14.7 Å². The van der Waals surface area contributed by atoms with Gasteiger partial charge in [0.25, 0.3) is 5.91 Å². The number of carbonyl (C=O) groups is 2. The molecule has 5 nitrogen and oxygen atoms in total. The highest BCUT2D eigenvalue weighted by Gasteiger charge is 2.46. The Kier molecular flexibility index (Phi) is 4.59. The number of ketones is 1. The maximum absolute atomic E-state index is 12.6. The van der Waals surface area contributed by atoms with Crippen LogP contribution in [0.5, 0.6) is 5.75 Å². The van der Waals surface area contributed by atoms with Gasteiger partial charge < -0.3 is 15.2 Å². The van der Waals surface area contributed by atoms with Crippen LogP contribution in [0.25, 0.3) is 0 Å². The minimum Gasteiger partial charge on any atom is -0.494 e. The minimum absolute atomic E-state index is 0.296. The summed E-state index contributed by atoms with van der Waals surface area (Å²) >= 11 is 0. The number of fused-ring (bicyclic) bond motifs is 1. The van der Waals surface area contributed by atoms with Gasteiger partial charge >= 0.3 is 0 Å². The van der Waals surface area contributed by atoms with Gasteiger partial charge in [-0.25, -0.2) is 0 Å². The van der Waals surface area contributed by atoms with Crippen LogP contribution in [-0.4, -0.2) is 23.4 Å². The number of Topliss-reactive ketones (excluding diaryl/α,β-unsaturated/α-hetero) is 1. The normalized spacial score (nSPS) is 18.6. The molecule has 3 rings (SSSR count).